The molecule has 0 spiro atoms. The largest absolute Gasteiger partial charge is 0.506 e. The number of anilines is 1. The number of nitrogen functional groups attached to an aromatic ring is 1. The predicted molar refractivity (Wildman–Crippen MR) is 72.5 cm³/mol. The van der Waals surface area contributed by atoms with Crippen LogP contribution in [0.3, 0.4) is 0 Å². The van der Waals surface area contributed by atoms with Crippen LogP contribution in [0.25, 0.3) is 0 Å². The zero-order valence-electron chi connectivity index (χ0n) is 9.43. The van der Waals surface area contributed by atoms with Crippen molar-refractivity contribution in [2.75, 3.05) is 5.73 Å². The van der Waals surface area contributed by atoms with Gasteiger partial charge in [-0.2, -0.15) is 5.10 Å². The molecule has 0 unspecified atom stereocenters. The maximum absolute atomic E-state index is 9.48. The predicted octanol–water partition coefficient (Wildman–Crippen LogP) is 2.67. The number of phenols is 1. The topological polar surface area (TPSA) is 76.4 Å². The second kappa shape index (κ2) is 4.88. The van der Waals surface area contributed by atoms with Crippen molar-refractivity contribution in [1.82, 2.24) is 9.66 Å². The van der Waals surface area contributed by atoms with Gasteiger partial charge in [0, 0.05) is 5.56 Å². The lowest BCUT2D eigenvalue weighted by atomic mass is 10.2. The number of nitrogens with two attached hydrogens (primary N) is 1. The van der Waals surface area contributed by atoms with Gasteiger partial charge in [-0.1, -0.05) is 23.2 Å². The van der Waals surface area contributed by atoms with Crippen molar-refractivity contribution in [1.29, 1.82) is 0 Å². The molecular weight excluding hydrogens is 275 g/mol. The molecule has 0 aliphatic heterocycles. The van der Waals surface area contributed by atoms with E-state index in [2.05, 4.69) is 10.1 Å². The Hall–Kier alpha value is -1.72. The minimum Gasteiger partial charge on any atom is -0.506 e. The summed E-state index contributed by atoms with van der Waals surface area (Å²) in [6.45, 7) is 1.81. The number of imidazole rings is 1. The summed E-state index contributed by atoms with van der Waals surface area (Å²) < 4.78 is 1.41. The maximum atomic E-state index is 9.48. The molecule has 2 rings (SSSR count). The fourth-order valence-corrected chi connectivity index (χ4v) is 1.81. The van der Waals surface area contributed by atoms with Crippen LogP contribution in [0.1, 0.15) is 11.3 Å². The monoisotopic (exact) mass is 284 g/mol. The second-order valence-electron chi connectivity index (χ2n) is 3.65. The second-order valence-corrected chi connectivity index (χ2v) is 4.47. The van der Waals surface area contributed by atoms with Crippen LogP contribution < -0.4 is 5.73 Å². The molecular formula is C11H10Cl2N4O. The molecule has 0 aliphatic rings. The summed E-state index contributed by atoms with van der Waals surface area (Å²) >= 11 is 11.7. The average Bonchev–Trinajstić information content (AvgIpc) is 2.61. The first kappa shape index (κ1) is 12.7. The SMILES string of the molecule is Cc1cn(N=Cc2cc(O)c(Cl)cc2Cl)c(N)n1. The summed E-state index contributed by atoms with van der Waals surface area (Å²) in [6.07, 6.45) is 3.14. The third-order valence-corrected chi connectivity index (χ3v) is 2.85. The third kappa shape index (κ3) is 2.57. The molecule has 1 aromatic heterocycles. The van der Waals surface area contributed by atoms with E-state index >= 15 is 0 Å². The van der Waals surface area contributed by atoms with E-state index in [1.54, 1.807) is 6.20 Å². The summed E-state index contributed by atoms with van der Waals surface area (Å²) in [5.74, 6) is 0.218. The highest BCUT2D eigenvalue weighted by Crippen LogP contribution is 2.29. The van der Waals surface area contributed by atoms with Crippen molar-refractivity contribution >= 4 is 35.4 Å². The Kier molecular flexibility index (Phi) is 3.45. The Balaban J connectivity index is 2.34. The lowest BCUT2D eigenvalue weighted by Crippen LogP contribution is -1.97. The molecule has 94 valence electrons. The molecule has 0 radical (unpaired) electrons. The average molecular weight is 285 g/mol. The molecule has 2 aromatic rings. The molecule has 0 aliphatic carbocycles. The number of aromatic nitrogens is 2. The van der Waals surface area contributed by atoms with E-state index in [9.17, 15) is 5.11 Å². The minimum absolute atomic E-state index is 0.0581. The number of rotatable bonds is 2. The van der Waals surface area contributed by atoms with Crippen LogP contribution in [0.2, 0.25) is 10.0 Å². The van der Waals surface area contributed by atoms with E-state index in [-0.39, 0.29) is 16.7 Å². The van der Waals surface area contributed by atoms with Gasteiger partial charge in [0.15, 0.2) is 0 Å². The smallest absolute Gasteiger partial charge is 0.221 e. The standard InChI is InChI=1S/C11H10Cl2N4O/c1-6-5-17(11(14)16-6)15-4-7-2-10(18)9(13)3-8(7)12/h2-5,18H,1H3,(H2,14,16). The van der Waals surface area contributed by atoms with Gasteiger partial charge in [0.25, 0.3) is 0 Å². The van der Waals surface area contributed by atoms with Gasteiger partial charge in [-0.25, -0.2) is 9.66 Å². The molecule has 0 bridgehead atoms. The van der Waals surface area contributed by atoms with Crippen LogP contribution in [-0.2, 0) is 0 Å². The Morgan fingerprint density at radius 2 is 2.11 bits per heavy atom. The Morgan fingerprint density at radius 3 is 2.72 bits per heavy atom. The first-order valence-corrected chi connectivity index (χ1v) is 5.77. The maximum Gasteiger partial charge on any atom is 0.221 e. The van der Waals surface area contributed by atoms with Crippen LogP contribution in [0.4, 0.5) is 5.95 Å². The molecule has 3 N–H and O–H groups in total. The molecule has 1 heterocycles. The van der Waals surface area contributed by atoms with Crippen LogP contribution >= 0.6 is 23.2 Å². The number of benzene rings is 1. The van der Waals surface area contributed by atoms with E-state index in [4.69, 9.17) is 28.9 Å². The summed E-state index contributed by atoms with van der Waals surface area (Å²) in [5, 5.41) is 14.2. The van der Waals surface area contributed by atoms with Gasteiger partial charge in [-0.05, 0) is 19.1 Å². The molecule has 0 amide bonds. The van der Waals surface area contributed by atoms with Crippen molar-refractivity contribution in [3.63, 3.8) is 0 Å². The molecule has 0 saturated carbocycles. The fraction of sp³-hybridized carbons (Fsp3) is 0.0909. The Morgan fingerprint density at radius 1 is 1.39 bits per heavy atom. The number of halogens is 2. The van der Waals surface area contributed by atoms with E-state index < -0.39 is 0 Å². The highest BCUT2D eigenvalue weighted by atomic mass is 35.5. The van der Waals surface area contributed by atoms with Gasteiger partial charge < -0.3 is 10.8 Å². The molecule has 1 aromatic carbocycles. The van der Waals surface area contributed by atoms with E-state index in [1.165, 1.54) is 23.0 Å². The van der Waals surface area contributed by atoms with Crippen molar-refractivity contribution < 1.29 is 5.11 Å². The van der Waals surface area contributed by atoms with Gasteiger partial charge in [-0.15, -0.1) is 0 Å². The third-order valence-electron chi connectivity index (χ3n) is 2.22. The van der Waals surface area contributed by atoms with E-state index in [0.29, 0.717) is 10.6 Å². The first-order valence-electron chi connectivity index (χ1n) is 5.01. The van der Waals surface area contributed by atoms with Crippen molar-refractivity contribution in [2.24, 2.45) is 5.10 Å². The van der Waals surface area contributed by atoms with E-state index in [1.807, 2.05) is 6.92 Å². The van der Waals surface area contributed by atoms with Gasteiger partial charge in [0.1, 0.15) is 5.75 Å². The van der Waals surface area contributed by atoms with Gasteiger partial charge in [0.2, 0.25) is 5.95 Å². The molecule has 0 fully saturated rings. The molecule has 0 atom stereocenters. The summed E-state index contributed by atoms with van der Waals surface area (Å²) in [6, 6.07) is 2.87. The van der Waals surface area contributed by atoms with Gasteiger partial charge >= 0.3 is 0 Å². The summed E-state index contributed by atoms with van der Waals surface area (Å²) in [7, 11) is 0. The zero-order valence-corrected chi connectivity index (χ0v) is 10.9. The Bertz CT molecular complexity index is 622. The zero-order chi connectivity index (χ0) is 13.3. The molecule has 5 nitrogen and oxygen atoms in total. The number of hydrogen-bond acceptors (Lipinski definition) is 4. The first-order chi connectivity index (χ1) is 8.47. The van der Waals surface area contributed by atoms with Crippen molar-refractivity contribution in [2.45, 2.75) is 6.92 Å². The quantitative estimate of drug-likeness (QED) is 0.833. The lowest BCUT2D eigenvalue weighted by molar-refractivity contribution is 0.475. The van der Waals surface area contributed by atoms with Crippen LogP contribution in [0.15, 0.2) is 23.4 Å². The number of hydrogen-bond donors (Lipinski definition) is 2. The number of nitrogens with zero attached hydrogens (tertiary/aromatic N) is 3. The highest BCUT2D eigenvalue weighted by molar-refractivity contribution is 6.37. The van der Waals surface area contributed by atoms with Gasteiger partial charge in [0.05, 0.1) is 28.2 Å². The molecule has 0 saturated heterocycles. The molecule has 7 heteroatoms. The van der Waals surface area contributed by atoms with Crippen molar-refractivity contribution in [3.8, 4) is 5.75 Å². The number of aryl methyl sites for hydroxylation is 1. The normalized spacial score (nSPS) is 11.3. The van der Waals surface area contributed by atoms with E-state index in [0.717, 1.165) is 5.69 Å². The van der Waals surface area contributed by atoms with Gasteiger partial charge in [-0.3, -0.25) is 0 Å². The van der Waals surface area contributed by atoms with Crippen LogP contribution in [-0.4, -0.2) is 21.0 Å². The number of phenolic OH excluding ortho intramolecular Hbond substituents is 1. The summed E-state index contributed by atoms with van der Waals surface area (Å²) in [4.78, 5) is 4.00. The van der Waals surface area contributed by atoms with Crippen LogP contribution in [0.5, 0.6) is 5.75 Å². The lowest BCUT2D eigenvalue weighted by Gasteiger charge is -2.01. The minimum atomic E-state index is -0.0581. The number of aromatic hydroxyl groups is 1. The van der Waals surface area contributed by atoms with Crippen LogP contribution in [0, 0.1) is 6.92 Å². The highest BCUT2D eigenvalue weighted by Gasteiger charge is 2.05. The summed E-state index contributed by atoms with van der Waals surface area (Å²) in [5.41, 5.74) is 6.92. The van der Waals surface area contributed by atoms with Crippen molar-refractivity contribution in [3.05, 3.63) is 39.6 Å². The Labute approximate surface area is 113 Å². The fourth-order valence-electron chi connectivity index (χ4n) is 1.37. The molecule has 18 heavy (non-hydrogen) atoms.